The third-order valence-corrected chi connectivity index (χ3v) is 2.91. The van der Waals surface area contributed by atoms with Gasteiger partial charge in [0, 0.05) is 25.6 Å². The third kappa shape index (κ3) is 6.56. The number of rotatable bonds is 7. The fourth-order valence-corrected chi connectivity index (χ4v) is 1.85. The summed E-state index contributed by atoms with van der Waals surface area (Å²) in [5.41, 5.74) is 0.669. The highest BCUT2D eigenvalue weighted by Crippen LogP contribution is 2.10. The second kappa shape index (κ2) is 8.04. The summed E-state index contributed by atoms with van der Waals surface area (Å²) in [4.78, 5) is 35.5. The quantitative estimate of drug-likeness (QED) is 0.799. The van der Waals surface area contributed by atoms with Gasteiger partial charge in [0.2, 0.25) is 11.8 Å². The predicted octanol–water partition coefficient (Wildman–Crippen LogP) is 1.58. The van der Waals surface area contributed by atoms with Gasteiger partial charge in [-0.15, -0.1) is 0 Å². The van der Waals surface area contributed by atoms with Crippen LogP contribution in [-0.2, 0) is 14.4 Å². The summed E-state index contributed by atoms with van der Waals surface area (Å²) >= 11 is 0. The summed E-state index contributed by atoms with van der Waals surface area (Å²) in [5, 5.41) is 11.3. The number of aliphatic carboxylic acids is 1. The summed E-state index contributed by atoms with van der Waals surface area (Å²) in [6.07, 6.45) is 0.0528. The molecule has 2 N–H and O–H groups in total. The number of amides is 2. The summed E-state index contributed by atoms with van der Waals surface area (Å²) in [7, 11) is 1.53. The van der Waals surface area contributed by atoms with Crippen molar-refractivity contribution in [3.05, 3.63) is 30.3 Å². The van der Waals surface area contributed by atoms with Gasteiger partial charge in [0.25, 0.3) is 0 Å². The zero-order chi connectivity index (χ0) is 15.8. The number of benzene rings is 1. The SMILES string of the molecule is CC(CC(=O)O)CC(=O)N(C)CC(=O)Nc1ccccc1. The molecule has 1 aromatic carbocycles. The zero-order valence-corrected chi connectivity index (χ0v) is 12.2. The van der Waals surface area contributed by atoms with Crippen molar-refractivity contribution < 1.29 is 19.5 Å². The van der Waals surface area contributed by atoms with Crippen LogP contribution >= 0.6 is 0 Å². The van der Waals surface area contributed by atoms with Crippen LogP contribution in [0.25, 0.3) is 0 Å². The van der Waals surface area contributed by atoms with Crippen molar-refractivity contribution in [1.82, 2.24) is 4.90 Å². The van der Waals surface area contributed by atoms with Crippen molar-refractivity contribution in [1.29, 1.82) is 0 Å². The second-order valence-corrected chi connectivity index (χ2v) is 5.07. The standard InChI is InChI=1S/C15H20N2O4/c1-11(9-15(20)21)8-14(19)17(2)10-13(18)16-12-6-4-3-5-7-12/h3-7,11H,8-10H2,1-2H3,(H,16,18)(H,20,21). The van der Waals surface area contributed by atoms with Gasteiger partial charge < -0.3 is 15.3 Å². The van der Waals surface area contributed by atoms with E-state index in [0.717, 1.165) is 0 Å². The van der Waals surface area contributed by atoms with Gasteiger partial charge in [-0.2, -0.15) is 0 Å². The maximum Gasteiger partial charge on any atom is 0.303 e. The molecule has 0 aliphatic rings. The Morgan fingerprint density at radius 3 is 2.38 bits per heavy atom. The molecule has 0 spiro atoms. The number of likely N-dealkylation sites (N-methyl/N-ethyl adjacent to an activating group) is 1. The van der Waals surface area contributed by atoms with Crippen LogP contribution in [0.3, 0.4) is 0 Å². The molecule has 1 atom stereocenters. The Bertz CT molecular complexity index is 502. The highest BCUT2D eigenvalue weighted by Gasteiger charge is 2.17. The van der Waals surface area contributed by atoms with Crippen molar-refractivity contribution in [2.45, 2.75) is 19.8 Å². The molecule has 114 valence electrons. The van der Waals surface area contributed by atoms with E-state index in [9.17, 15) is 14.4 Å². The molecule has 6 heteroatoms. The van der Waals surface area contributed by atoms with Crippen molar-refractivity contribution in [3.8, 4) is 0 Å². The first-order valence-electron chi connectivity index (χ1n) is 6.69. The van der Waals surface area contributed by atoms with Crippen LogP contribution in [-0.4, -0.2) is 41.4 Å². The lowest BCUT2D eigenvalue weighted by atomic mass is 10.0. The summed E-state index contributed by atoms with van der Waals surface area (Å²) in [6.45, 7) is 1.64. The molecular formula is C15H20N2O4. The van der Waals surface area contributed by atoms with E-state index in [4.69, 9.17) is 5.11 Å². The lowest BCUT2D eigenvalue weighted by molar-refractivity contribution is -0.139. The van der Waals surface area contributed by atoms with Crippen LogP contribution in [0.4, 0.5) is 5.69 Å². The Hall–Kier alpha value is -2.37. The van der Waals surface area contributed by atoms with Crippen LogP contribution < -0.4 is 5.32 Å². The van der Waals surface area contributed by atoms with E-state index in [1.54, 1.807) is 31.2 Å². The van der Waals surface area contributed by atoms with Crippen molar-refractivity contribution in [3.63, 3.8) is 0 Å². The normalized spacial score (nSPS) is 11.5. The minimum atomic E-state index is -0.931. The molecule has 1 unspecified atom stereocenters. The highest BCUT2D eigenvalue weighted by molar-refractivity contribution is 5.94. The van der Waals surface area contributed by atoms with Gasteiger partial charge >= 0.3 is 5.97 Å². The van der Waals surface area contributed by atoms with E-state index in [-0.39, 0.29) is 37.1 Å². The molecule has 6 nitrogen and oxygen atoms in total. The zero-order valence-electron chi connectivity index (χ0n) is 12.2. The number of carboxylic acids is 1. The molecule has 0 heterocycles. The average Bonchev–Trinajstić information content (AvgIpc) is 2.38. The number of hydrogen-bond acceptors (Lipinski definition) is 3. The van der Waals surface area contributed by atoms with E-state index in [1.807, 2.05) is 6.07 Å². The van der Waals surface area contributed by atoms with Gasteiger partial charge in [-0.1, -0.05) is 25.1 Å². The van der Waals surface area contributed by atoms with Crippen LogP contribution in [0.5, 0.6) is 0 Å². The largest absolute Gasteiger partial charge is 0.481 e. The van der Waals surface area contributed by atoms with Crippen molar-refractivity contribution in [2.24, 2.45) is 5.92 Å². The fraction of sp³-hybridized carbons (Fsp3) is 0.400. The van der Waals surface area contributed by atoms with Crippen LogP contribution in [0.2, 0.25) is 0 Å². The van der Waals surface area contributed by atoms with Crippen LogP contribution in [0.15, 0.2) is 30.3 Å². The van der Waals surface area contributed by atoms with Crippen LogP contribution in [0.1, 0.15) is 19.8 Å². The fourth-order valence-electron chi connectivity index (χ4n) is 1.85. The first kappa shape index (κ1) is 16.7. The van der Waals surface area contributed by atoms with E-state index in [0.29, 0.717) is 5.69 Å². The number of hydrogen-bond donors (Lipinski definition) is 2. The van der Waals surface area contributed by atoms with E-state index in [2.05, 4.69) is 5.32 Å². The third-order valence-electron chi connectivity index (χ3n) is 2.91. The summed E-state index contributed by atoms with van der Waals surface area (Å²) in [6, 6.07) is 8.97. The molecule has 0 aliphatic heterocycles. The maximum absolute atomic E-state index is 11.9. The van der Waals surface area contributed by atoms with Gasteiger partial charge in [-0.05, 0) is 18.1 Å². The number of nitrogens with zero attached hydrogens (tertiary/aromatic N) is 1. The number of carbonyl (C=O) groups is 3. The van der Waals surface area contributed by atoms with Gasteiger partial charge in [0.15, 0.2) is 0 Å². The van der Waals surface area contributed by atoms with Crippen molar-refractivity contribution >= 4 is 23.5 Å². The first-order chi connectivity index (χ1) is 9.88. The number of carbonyl (C=O) groups excluding carboxylic acids is 2. The molecule has 21 heavy (non-hydrogen) atoms. The molecule has 1 aromatic rings. The number of anilines is 1. The number of nitrogens with one attached hydrogen (secondary N) is 1. The predicted molar refractivity (Wildman–Crippen MR) is 78.7 cm³/mol. The average molecular weight is 292 g/mol. The molecule has 2 amide bonds. The topological polar surface area (TPSA) is 86.7 Å². The number of para-hydroxylation sites is 1. The summed E-state index contributed by atoms with van der Waals surface area (Å²) in [5.74, 6) is -1.72. The van der Waals surface area contributed by atoms with E-state index in [1.165, 1.54) is 11.9 Å². The number of carboxylic acid groups (broad SMARTS) is 1. The van der Waals surface area contributed by atoms with Crippen molar-refractivity contribution in [2.75, 3.05) is 18.9 Å². The molecule has 0 aromatic heterocycles. The molecule has 0 fully saturated rings. The monoisotopic (exact) mass is 292 g/mol. The van der Waals surface area contributed by atoms with Gasteiger partial charge in [0.1, 0.15) is 0 Å². The van der Waals surface area contributed by atoms with Gasteiger partial charge in [-0.3, -0.25) is 14.4 Å². The van der Waals surface area contributed by atoms with E-state index >= 15 is 0 Å². The smallest absolute Gasteiger partial charge is 0.303 e. The van der Waals surface area contributed by atoms with Crippen LogP contribution in [0, 0.1) is 5.92 Å². The van der Waals surface area contributed by atoms with Gasteiger partial charge in [-0.25, -0.2) is 0 Å². The lowest BCUT2D eigenvalue weighted by Crippen LogP contribution is -2.35. The molecule has 0 saturated heterocycles. The molecule has 0 saturated carbocycles. The molecule has 0 aliphatic carbocycles. The molecular weight excluding hydrogens is 272 g/mol. The minimum absolute atomic E-state index is 0.0597. The maximum atomic E-state index is 11.9. The Morgan fingerprint density at radius 1 is 1.19 bits per heavy atom. The Kier molecular flexibility index (Phi) is 6.39. The summed E-state index contributed by atoms with van der Waals surface area (Å²) < 4.78 is 0. The second-order valence-electron chi connectivity index (χ2n) is 5.07. The van der Waals surface area contributed by atoms with E-state index < -0.39 is 5.97 Å². The first-order valence-corrected chi connectivity index (χ1v) is 6.69. The lowest BCUT2D eigenvalue weighted by Gasteiger charge is -2.18. The minimum Gasteiger partial charge on any atom is -0.481 e. The molecule has 1 rings (SSSR count). The Balaban J connectivity index is 2.41. The van der Waals surface area contributed by atoms with Gasteiger partial charge in [0.05, 0.1) is 6.54 Å². The Labute approximate surface area is 123 Å². The highest BCUT2D eigenvalue weighted by atomic mass is 16.4. The molecule has 0 bridgehead atoms. The Morgan fingerprint density at radius 2 is 1.81 bits per heavy atom. The molecule has 0 radical (unpaired) electrons.